The van der Waals surface area contributed by atoms with Crippen molar-refractivity contribution >= 4 is 5.91 Å². The number of halogens is 3. The van der Waals surface area contributed by atoms with Gasteiger partial charge >= 0.3 is 5.92 Å². The highest BCUT2D eigenvalue weighted by atomic mass is 19.3. The van der Waals surface area contributed by atoms with E-state index in [0.717, 1.165) is 4.68 Å². The van der Waals surface area contributed by atoms with Crippen LogP contribution in [-0.2, 0) is 5.92 Å². The van der Waals surface area contributed by atoms with Crippen LogP contribution in [0.2, 0.25) is 0 Å². The molecule has 0 spiro atoms. The molecular weight excluding hydrogens is 321 g/mol. The second-order valence-electron chi connectivity index (χ2n) is 6.61. The summed E-state index contributed by atoms with van der Waals surface area (Å²) in [6.07, 6.45) is -0.437. The van der Waals surface area contributed by atoms with Gasteiger partial charge in [0, 0.05) is 6.42 Å². The molecule has 0 N–H and O–H groups in total. The molecule has 5 nitrogen and oxygen atoms in total. The lowest BCUT2D eigenvalue weighted by Crippen LogP contribution is -2.59. The average molecular weight is 336 g/mol. The Bertz CT molecular complexity index is 795. The van der Waals surface area contributed by atoms with E-state index in [1.54, 1.807) is 30.3 Å². The Morgan fingerprint density at radius 1 is 1.21 bits per heavy atom. The minimum absolute atomic E-state index is 0.0752. The first kappa shape index (κ1) is 15.2. The average Bonchev–Trinajstić information content (AvgIpc) is 3.05. The highest BCUT2D eigenvalue weighted by molar-refractivity contribution is 5.91. The lowest BCUT2D eigenvalue weighted by molar-refractivity contribution is -0.0116. The zero-order valence-electron chi connectivity index (χ0n) is 12.9. The summed E-state index contributed by atoms with van der Waals surface area (Å²) in [4.78, 5) is 17.2. The fourth-order valence-electron chi connectivity index (χ4n) is 3.27. The van der Waals surface area contributed by atoms with Gasteiger partial charge in [-0.25, -0.2) is 14.1 Å². The van der Waals surface area contributed by atoms with Crippen molar-refractivity contribution in [3.63, 3.8) is 0 Å². The third kappa shape index (κ3) is 2.28. The maximum Gasteiger partial charge on any atom is 0.308 e. The molecule has 2 aliphatic rings. The van der Waals surface area contributed by atoms with E-state index >= 15 is 0 Å². The van der Waals surface area contributed by atoms with E-state index in [1.165, 1.54) is 11.8 Å². The predicted molar refractivity (Wildman–Crippen MR) is 78.5 cm³/mol. The van der Waals surface area contributed by atoms with Crippen LogP contribution in [-0.4, -0.2) is 44.3 Å². The van der Waals surface area contributed by atoms with Crippen LogP contribution in [0.25, 0.3) is 0 Å². The van der Waals surface area contributed by atoms with Crippen LogP contribution in [0.4, 0.5) is 13.2 Å². The third-order valence-electron chi connectivity index (χ3n) is 4.41. The molecule has 24 heavy (non-hydrogen) atoms. The number of rotatable bonds is 2. The molecule has 1 aromatic carbocycles. The Morgan fingerprint density at radius 2 is 1.88 bits per heavy atom. The van der Waals surface area contributed by atoms with Crippen LogP contribution < -0.4 is 0 Å². The Balaban J connectivity index is 1.67. The lowest BCUT2D eigenvalue weighted by atomic mass is 9.99. The molecule has 1 atom stereocenters. The van der Waals surface area contributed by atoms with Gasteiger partial charge in [0.1, 0.15) is 5.67 Å². The van der Waals surface area contributed by atoms with Crippen molar-refractivity contribution in [1.82, 2.24) is 19.7 Å². The molecule has 1 amide bonds. The second-order valence-corrected chi connectivity index (χ2v) is 6.61. The van der Waals surface area contributed by atoms with Crippen LogP contribution in [0.1, 0.15) is 41.4 Å². The standard InChI is InChI=1S/C16H15F3N4O/c1-15(17)8-22(9-15)13(24)12-20-14-16(18,19)7-11(23(14)21-12)10-5-3-2-4-6-10/h2-6,11H,7-9H2,1H3. The second kappa shape index (κ2) is 4.81. The summed E-state index contributed by atoms with van der Waals surface area (Å²) in [7, 11) is 0. The molecule has 0 bridgehead atoms. The third-order valence-corrected chi connectivity index (χ3v) is 4.41. The molecule has 126 valence electrons. The number of carbonyl (C=O) groups is 1. The van der Waals surface area contributed by atoms with Gasteiger partial charge in [-0.2, -0.15) is 8.78 Å². The largest absolute Gasteiger partial charge is 0.329 e. The number of fused-ring (bicyclic) bond motifs is 1. The van der Waals surface area contributed by atoms with E-state index in [0.29, 0.717) is 5.56 Å². The maximum atomic E-state index is 14.3. The number of hydrogen-bond acceptors (Lipinski definition) is 3. The summed E-state index contributed by atoms with van der Waals surface area (Å²) >= 11 is 0. The number of amides is 1. The van der Waals surface area contributed by atoms with Crippen molar-refractivity contribution in [2.75, 3.05) is 13.1 Å². The SMILES string of the molecule is CC1(F)CN(C(=O)c2nc3n(n2)C(c2ccccc2)CC3(F)F)C1. The van der Waals surface area contributed by atoms with Crippen molar-refractivity contribution in [1.29, 1.82) is 0 Å². The molecule has 0 aliphatic carbocycles. The number of likely N-dealkylation sites (tertiary alicyclic amines) is 1. The van der Waals surface area contributed by atoms with Gasteiger partial charge in [-0.15, -0.1) is 5.10 Å². The molecule has 0 saturated carbocycles. The van der Waals surface area contributed by atoms with Crippen LogP contribution in [0.5, 0.6) is 0 Å². The molecule has 0 radical (unpaired) electrons. The number of hydrogen-bond donors (Lipinski definition) is 0. The summed E-state index contributed by atoms with van der Waals surface area (Å²) in [6.45, 7) is 1.24. The fraction of sp³-hybridized carbons (Fsp3) is 0.438. The van der Waals surface area contributed by atoms with Gasteiger partial charge in [0.15, 0.2) is 5.82 Å². The van der Waals surface area contributed by atoms with Crippen molar-refractivity contribution in [3.05, 3.63) is 47.5 Å². The number of benzene rings is 1. The Kier molecular flexibility index (Phi) is 3.04. The molecule has 8 heteroatoms. The van der Waals surface area contributed by atoms with E-state index in [4.69, 9.17) is 0 Å². The Hall–Kier alpha value is -2.38. The van der Waals surface area contributed by atoms with E-state index in [2.05, 4.69) is 10.1 Å². The highest BCUT2D eigenvalue weighted by Crippen LogP contribution is 2.45. The molecule has 1 saturated heterocycles. The van der Waals surface area contributed by atoms with Crippen molar-refractivity contribution in [3.8, 4) is 0 Å². The molecule has 3 heterocycles. The van der Waals surface area contributed by atoms with Crippen molar-refractivity contribution in [2.24, 2.45) is 0 Å². The van der Waals surface area contributed by atoms with Gasteiger partial charge in [-0.1, -0.05) is 30.3 Å². The smallest absolute Gasteiger partial charge is 0.308 e. The lowest BCUT2D eigenvalue weighted by Gasteiger charge is -2.41. The van der Waals surface area contributed by atoms with Gasteiger partial charge < -0.3 is 4.90 Å². The summed E-state index contributed by atoms with van der Waals surface area (Å²) in [5.74, 6) is -4.59. The van der Waals surface area contributed by atoms with Crippen LogP contribution in [0, 0.1) is 0 Å². The highest BCUT2D eigenvalue weighted by Gasteiger charge is 2.50. The molecule has 2 aromatic rings. The summed E-state index contributed by atoms with van der Waals surface area (Å²) in [6, 6.07) is 8.12. The van der Waals surface area contributed by atoms with Gasteiger partial charge in [-0.3, -0.25) is 4.79 Å². The van der Waals surface area contributed by atoms with Crippen LogP contribution in [0.15, 0.2) is 30.3 Å². The van der Waals surface area contributed by atoms with Crippen LogP contribution in [0.3, 0.4) is 0 Å². The minimum Gasteiger partial charge on any atom is -0.329 e. The zero-order chi connectivity index (χ0) is 17.1. The van der Waals surface area contributed by atoms with Gasteiger partial charge in [0.05, 0.1) is 19.1 Å². The van der Waals surface area contributed by atoms with Crippen LogP contribution >= 0.6 is 0 Å². The molecule has 1 unspecified atom stereocenters. The molecule has 2 aliphatic heterocycles. The summed E-state index contributed by atoms with van der Waals surface area (Å²) in [5, 5.41) is 4.01. The normalized spacial score (nSPS) is 23.7. The summed E-state index contributed by atoms with van der Waals surface area (Å²) in [5.41, 5.74) is -0.755. The van der Waals surface area contributed by atoms with E-state index in [9.17, 15) is 18.0 Å². The predicted octanol–water partition coefficient (Wildman–Crippen LogP) is 2.55. The van der Waals surface area contributed by atoms with Gasteiger partial charge in [0.25, 0.3) is 5.91 Å². The molecular formula is C16H15F3N4O. The molecule has 4 rings (SSSR count). The topological polar surface area (TPSA) is 51.0 Å². The van der Waals surface area contributed by atoms with Crippen molar-refractivity contribution < 1.29 is 18.0 Å². The summed E-state index contributed by atoms with van der Waals surface area (Å²) < 4.78 is 43.2. The number of carbonyl (C=O) groups excluding carboxylic acids is 1. The minimum atomic E-state index is -3.16. The number of nitrogens with zero attached hydrogens (tertiary/aromatic N) is 4. The number of alkyl halides is 3. The molecule has 1 aromatic heterocycles. The van der Waals surface area contributed by atoms with Crippen molar-refractivity contribution in [2.45, 2.75) is 31.0 Å². The number of aromatic nitrogens is 3. The Labute approximate surface area is 136 Å². The quantitative estimate of drug-likeness (QED) is 0.847. The van der Waals surface area contributed by atoms with E-state index < -0.39 is 35.8 Å². The fourth-order valence-corrected chi connectivity index (χ4v) is 3.27. The van der Waals surface area contributed by atoms with E-state index in [-0.39, 0.29) is 18.9 Å². The monoisotopic (exact) mass is 336 g/mol. The zero-order valence-corrected chi connectivity index (χ0v) is 12.9. The van der Waals surface area contributed by atoms with E-state index in [1.807, 2.05) is 0 Å². The maximum absolute atomic E-state index is 14.3. The first-order valence-electron chi connectivity index (χ1n) is 7.65. The molecule has 1 fully saturated rings. The Morgan fingerprint density at radius 3 is 2.50 bits per heavy atom. The van der Waals surface area contributed by atoms with Gasteiger partial charge in [0.2, 0.25) is 5.82 Å². The first-order chi connectivity index (χ1) is 11.3. The first-order valence-corrected chi connectivity index (χ1v) is 7.65. The van der Waals surface area contributed by atoms with Gasteiger partial charge in [-0.05, 0) is 12.5 Å².